The molecule has 0 unspecified atom stereocenters. The van der Waals surface area contributed by atoms with Gasteiger partial charge < -0.3 is 39.4 Å². The third-order valence-corrected chi connectivity index (χ3v) is 6.58. The number of fused-ring (bicyclic) bond motifs is 1. The predicted octanol–water partition coefficient (Wildman–Crippen LogP) is 1.69. The summed E-state index contributed by atoms with van der Waals surface area (Å²) in [5, 5.41) is 34.6. The molecule has 0 amide bonds. The number of rotatable bonds is 7. The minimum atomic E-state index is -4.37. The number of nitrogens with one attached hydrogen (secondary N) is 1. The lowest BCUT2D eigenvalue weighted by molar-refractivity contribution is -0.0610. The number of anilines is 1. The molecule has 3 heterocycles. The van der Waals surface area contributed by atoms with Crippen LogP contribution in [0.2, 0.25) is 5.15 Å². The van der Waals surface area contributed by atoms with Gasteiger partial charge in [-0.2, -0.15) is 5.26 Å². The molecule has 32 heavy (non-hydrogen) atoms. The second-order valence-electron chi connectivity index (χ2n) is 8.06. The first kappa shape index (κ1) is 23.4. The van der Waals surface area contributed by atoms with Crippen molar-refractivity contribution in [2.75, 3.05) is 18.3 Å². The van der Waals surface area contributed by atoms with E-state index in [-0.39, 0.29) is 23.4 Å². The molecule has 1 saturated heterocycles. The molecule has 1 aliphatic carbocycles. The summed E-state index contributed by atoms with van der Waals surface area (Å²) in [6.07, 6.45) is 0.231. The van der Waals surface area contributed by atoms with Crippen LogP contribution in [0.4, 0.5) is 5.69 Å². The number of nitriles is 1. The molecule has 5 N–H and O–H groups in total. The number of pyridine rings is 1. The second kappa shape index (κ2) is 9.25. The van der Waals surface area contributed by atoms with Crippen molar-refractivity contribution in [3.8, 4) is 6.07 Å². The maximum Gasteiger partial charge on any atom is 0.350 e. The van der Waals surface area contributed by atoms with Gasteiger partial charge in [-0.05, 0) is 18.9 Å². The number of aromatic nitrogens is 2. The Labute approximate surface area is 188 Å². The van der Waals surface area contributed by atoms with Crippen molar-refractivity contribution < 1.29 is 34.0 Å². The van der Waals surface area contributed by atoms with Crippen LogP contribution in [0.25, 0.3) is 11.0 Å². The van der Waals surface area contributed by atoms with Crippen LogP contribution in [0.3, 0.4) is 0 Å². The van der Waals surface area contributed by atoms with Gasteiger partial charge in [-0.3, -0.25) is 4.57 Å². The number of aliphatic hydroxyl groups is 2. The van der Waals surface area contributed by atoms with E-state index < -0.39 is 38.5 Å². The Kier molecular flexibility index (Phi) is 6.77. The third kappa shape index (κ3) is 4.64. The molecule has 0 radical (unpaired) electrons. The smallest absolute Gasteiger partial charge is 0.350 e. The number of hydrogen-bond donors (Lipinski definition) is 5. The van der Waals surface area contributed by atoms with Crippen LogP contribution in [0.1, 0.15) is 37.5 Å². The Morgan fingerprint density at radius 3 is 2.72 bits per heavy atom. The van der Waals surface area contributed by atoms with Gasteiger partial charge in [0.1, 0.15) is 41.9 Å². The standard InChI is InChI=1S/C19H24ClN4O7P/c20-17-12(7-21)14(22-10-3-1-2-4-10)11-5-6-24(18(11)23-17)19-16(26)15(25)13(31-19)8-30-9-32(27,28)29/h5-6,10,13,15-16,19,25-26H,1-4,8-9H2,(H,22,23)(H2,27,28,29)/t13-,15-,16-,19-/m1/s1. The fraction of sp³-hybridized carbons (Fsp3) is 0.579. The van der Waals surface area contributed by atoms with Crippen molar-refractivity contribution in [1.82, 2.24) is 9.55 Å². The van der Waals surface area contributed by atoms with Gasteiger partial charge in [0.15, 0.2) is 11.4 Å². The Morgan fingerprint density at radius 2 is 2.06 bits per heavy atom. The normalized spacial score (nSPS) is 26.6. The second-order valence-corrected chi connectivity index (χ2v) is 10.0. The Bertz CT molecular complexity index is 1080. The van der Waals surface area contributed by atoms with Crippen LogP contribution in [0, 0.1) is 11.3 Å². The van der Waals surface area contributed by atoms with Crippen LogP contribution in [0.15, 0.2) is 12.3 Å². The van der Waals surface area contributed by atoms with Crippen LogP contribution < -0.4 is 5.32 Å². The van der Waals surface area contributed by atoms with Gasteiger partial charge in [-0.25, -0.2) is 4.98 Å². The lowest BCUT2D eigenvalue weighted by Gasteiger charge is -2.19. The summed E-state index contributed by atoms with van der Waals surface area (Å²) in [5.74, 6) is 0. The molecule has 2 aromatic heterocycles. The van der Waals surface area contributed by atoms with Crippen molar-refractivity contribution in [3.05, 3.63) is 23.0 Å². The number of halogens is 1. The molecule has 2 aromatic rings. The Morgan fingerprint density at radius 1 is 1.34 bits per heavy atom. The van der Waals surface area contributed by atoms with Crippen molar-refractivity contribution in [2.24, 2.45) is 0 Å². The zero-order valence-electron chi connectivity index (χ0n) is 17.0. The summed E-state index contributed by atoms with van der Waals surface area (Å²) >= 11 is 6.30. The molecule has 4 rings (SSSR count). The van der Waals surface area contributed by atoms with Crippen molar-refractivity contribution in [1.29, 1.82) is 5.26 Å². The molecule has 4 atom stereocenters. The summed E-state index contributed by atoms with van der Waals surface area (Å²) in [6.45, 7) is -0.319. The molecular formula is C19H24ClN4O7P. The molecule has 13 heteroatoms. The summed E-state index contributed by atoms with van der Waals surface area (Å²) in [7, 11) is -4.37. The molecule has 1 saturated carbocycles. The SMILES string of the molecule is N#Cc1c(Cl)nc2c(ccn2[C@@H]2O[C@H](COCP(=O)(O)O)[C@@H](O)[C@H]2O)c1NC1CCCC1. The fourth-order valence-electron chi connectivity index (χ4n) is 4.25. The minimum absolute atomic E-state index is 0.00927. The molecular weight excluding hydrogens is 463 g/mol. The Balaban J connectivity index is 1.62. The van der Waals surface area contributed by atoms with Gasteiger partial charge in [-0.15, -0.1) is 0 Å². The van der Waals surface area contributed by atoms with Crippen LogP contribution in [-0.4, -0.2) is 66.9 Å². The molecule has 0 aromatic carbocycles. The van der Waals surface area contributed by atoms with E-state index in [2.05, 4.69) is 16.4 Å². The lowest BCUT2D eigenvalue weighted by atomic mass is 10.1. The largest absolute Gasteiger partial charge is 0.387 e. The van der Waals surface area contributed by atoms with Gasteiger partial charge >= 0.3 is 7.60 Å². The molecule has 1 aliphatic heterocycles. The lowest BCUT2D eigenvalue weighted by Crippen LogP contribution is -2.33. The Hall–Kier alpha value is -1.74. The summed E-state index contributed by atoms with van der Waals surface area (Å²) in [6, 6.07) is 4.05. The maximum atomic E-state index is 11.0. The topological polar surface area (TPSA) is 170 Å². The van der Waals surface area contributed by atoms with E-state index in [1.165, 1.54) is 4.57 Å². The molecule has 2 aliphatic rings. The van der Waals surface area contributed by atoms with Crippen molar-refractivity contribution in [3.63, 3.8) is 0 Å². The average Bonchev–Trinajstić information content (AvgIpc) is 3.44. The quantitative estimate of drug-likeness (QED) is 0.286. The highest BCUT2D eigenvalue weighted by molar-refractivity contribution is 7.51. The van der Waals surface area contributed by atoms with E-state index in [0.29, 0.717) is 16.7 Å². The monoisotopic (exact) mass is 486 g/mol. The average molecular weight is 487 g/mol. The van der Waals surface area contributed by atoms with Gasteiger partial charge in [-0.1, -0.05) is 24.4 Å². The highest BCUT2D eigenvalue weighted by atomic mass is 35.5. The van der Waals surface area contributed by atoms with E-state index in [0.717, 1.165) is 25.7 Å². The van der Waals surface area contributed by atoms with Gasteiger partial charge in [0.05, 0.1) is 12.3 Å². The van der Waals surface area contributed by atoms with Crippen LogP contribution in [0.5, 0.6) is 0 Å². The zero-order chi connectivity index (χ0) is 23.0. The highest BCUT2D eigenvalue weighted by Crippen LogP contribution is 2.39. The van der Waals surface area contributed by atoms with Gasteiger partial charge in [0.25, 0.3) is 0 Å². The molecule has 11 nitrogen and oxygen atoms in total. The van der Waals surface area contributed by atoms with Crippen LogP contribution in [-0.2, 0) is 14.0 Å². The fourth-order valence-corrected chi connectivity index (χ4v) is 4.81. The summed E-state index contributed by atoms with van der Waals surface area (Å²) in [5.41, 5.74) is 1.17. The van der Waals surface area contributed by atoms with E-state index in [1.54, 1.807) is 12.3 Å². The number of nitrogens with zero attached hydrogens (tertiary/aromatic N) is 3. The van der Waals surface area contributed by atoms with Crippen molar-refractivity contribution in [2.45, 2.75) is 56.3 Å². The number of ether oxygens (including phenoxy) is 2. The van der Waals surface area contributed by atoms with E-state index in [4.69, 9.17) is 30.9 Å². The van der Waals surface area contributed by atoms with E-state index in [1.807, 2.05) is 0 Å². The van der Waals surface area contributed by atoms with Crippen LogP contribution >= 0.6 is 19.2 Å². The third-order valence-electron chi connectivity index (χ3n) is 5.79. The predicted molar refractivity (Wildman–Crippen MR) is 114 cm³/mol. The van der Waals surface area contributed by atoms with Gasteiger partial charge in [0.2, 0.25) is 0 Å². The number of hydrogen-bond acceptors (Lipinski definition) is 8. The zero-order valence-corrected chi connectivity index (χ0v) is 18.6. The molecule has 0 bridgehead atoms. The van der Waals surface area contributed by atoms with Crippen molar-refractivity contribution >= 4 is 35.9 Å². The van der Waals surface area contributed by atoms with E-state index in [9.17, 15) is 20.0 Å². The maximum absolute atomic E-state index is 11.0. The number of aliphatic hydroxyl groups excluding tert-OH is 2. The molecule has 0 spiro atoms. The summed E-state index contributed by atoms with van der Waals surface area (Å²) < 4.78 is 23.1. The first-order chi connectivity index (χ1) is 15.2. The highest BCUT2D eigenvalue weighted by Gasteiger charge is 2.44. The first-order valence-electron chi connectivity index (χ1n) is 10.2. The molecule has 2 fully saturated rings. The van der Waals surface area contributed by atoms with Gasteiger partial charge in [0, 0.05) is 17.6 Å². The minimum Gasteiger partial charge on any atom is -0.387 e. The summed E-state index contributed by atoms with van der Waals surface area (Å²) in [4.78, 5) is 22.1. The van der Waals surface area contributed by atoms with E-state index >= 15 is 0 Å². The first-order valence-corrected chi connectivity index (χ1v) is 12.4. The molecule has 174 valence electrons.